The Morgan fingerprint density at radius 3 is 2.56 bits per heavy atom. The van der Waals surface area contributed by atoms with E-state index in [2.05, 4.69) is 10.5 Å². The first-order valence-electron chi connectivity index (χ1n) is 8.12. The normalized spacial score (nSPS) is 12.0. The molecule has 1 amide bonds. The van der Waals surface area contributed by atoms with Crippen molar-refractivity contribution in [2.45, 2.75) is 26.3 Å². The SMILES string of the molecule is Cc1onc(-c2ccccc2Cl)c1C(=O)N[C@@H](C)Cc1ccccc1. The van der Waals surface area contributed by atoms with Crippen LogP contribution in [-0.2, 0) is 6.42 Å². The van der Waals surface area contributed by atoms with Gasteiger partial charge in [-0.25, -0.2) is 0 Å². The highest BCUT2D eigenvalue weighted by Gasteiger charge is 2.23. The molecule has 5 heteroatoms. The second-order valence-corrected chi connectivity index (χ2v) is 6.41. The molecule has 0 aliphatic rings. The van der Waals surface area contributed by atoms with Gasteiger partial charge in [-0.15, -0.1) is 0 Å². The van der Waals surface area contributed by atoms with Crippen LogP contribution >= 0.6 is 11.6 Å². The largest absolute Gasteiger partial charge is 0.360 e. The molecular weight excluding hydrogens is 336 g/mol. The van der Waals surface area contributed by atoms with Crippen LogP contribution in [0.4, 0.5) is 0 Å². The Labute approximate surface area is 151 Å². The lowest BCUT2D eigenvalue weighted by Gasteiger charge is -2.14. The van der Waals surface area contributed by atoms with E-state index in [1.54, 1.807) is 13.0 Å². The summed E-state index contributed by atoms with van der Waals surface area (Å²) in [6, 6.07) is 17.3. The van der Waals surface area contributed by atoms with Crippen molar-refractivity contribution in [1.29, 1.82) is 0 Å². The van der Waals surface area contributed by atoms with Gasteiger partial charge < -0.3 is 9.84 Å². The monoisotopic (exact) mass is 354 g/mol. The van der Waals surface area contributed by atoms with Gasteiger partial charge in [0.15, 0.2) is 0 Å². The predicted octanol–water partition coefficient (Wildman–Crippen LogP) is 4.66. The molecule has 2 aromatic carbocycles. The van der Waals surface area contributed by atoms with Crippen LogP contribution in [0.1, 0.15) is 28.6 Å². The molecule has 0 aliphatic heterocycles. The first-order chi connectivity index (χ1) is 12.1. The summed E-state index contributed by atoms with van der Waals surface area (Å²) in [5.74, 6) is 0.261. The first-order valence-corrected chi connectivity index (χ1v) is 8.50. The van der Waals surface area contributed by atoms with Crippen LogP contribution in [0.5, 0.6) is 0 Å². The van der Waals surface area contributed by atoms with E-state index in [1.807, 2.05) is 55.5 Å². The minimum atomic E-state index is -0.211. The molecule has 128 valence electrons. The van der Waals surface area contributed by atoms with Crippen molar-refractivity contribution >= 4 is 17.5 Å². The average Bonchev–Trinajstić information content (AvgIpc) is 2.97. The lowest BCUT2D eigenvalue weighted by Crippen LogP contribution is -2.34. The van der Waals surface area contributed by atoms with Gasteiger partial charge in [0.2, 0.25) is 0 Å². The zero-order valence-electron chi connectivity index (χ0n) is 14.1. The topological polar surface area (TPSA) is 55.1 Å². The van der Waals surface area contributed by atoms with Crippen molar-refractivity contribution in [3.05, 3.63) is 76.5 Å². The third-order valence-corrected chi connectivity index (χ3v) is 4.31. The standard InChI is InChI=1S/C20H19ClN2O2/c1-13(12-15-8-4-3-5-9-15)22-20(24)18-14(2)25-23-19(18)16-10-6-7-11-17(16)21/h3-11,13H,12H2,1-2H3,(H,22,24)/t13-/m0/s1. The van der Waals surface area contributed by atoms with Gasteiger partial charge in [0.25, 0.3) is 5.91 Å². The molecule has 0 spiro atoms. The van der Waals surface area contributed by atoms with E-state index in [4.69, 9.17) is 16.1 Å². The van der Waals surface area contributed by atoms with Gasteiger partial charge in [-0.2, -0.15) is 0 Å². The van der Waals surface area contributed by atoms with Crippen LogP contribution in [0.2, 0.25) is 5.02 Å². The molecule has 4 nitrogen and oxygen atoms in total. The molecule has 0 saturated heterocycles. The Morgan fingerprint density at radius 1 is 1.16 bits per heavy atom. The smallest absolute Gasteiger partial charge is 0.257 e. The quantitative estimate of drug-likeness (QED) is 0.724. The van der Waals surface area contributed by atoms with E-state index in [9.17, 15) is 4.79 Å². The minimum absolute atomic E-state index is 0.0247. The van der Waals surface area contributed by atoms with Crippen molar-refractivity contribution in [3.8, 4) is 11.3 Å². The molecule has 25 heavy (non-hydrogen) atoms. The molecule has 0 fully saturated rings. The zero-order valence-corrected chi connectivity index (χ0v) is 14.9. The van der Waals surface area contributed by atoms with Gasteiger partial charge in [-0.1, -0.05) is 65.3 Å². The van der Waals surface area contributed by atoms with E-state index in [-0.39, 0.29) is 11.9 Å². The van der Waals surface area contributed by atoms with E-state index in [0.717, 1.165) is 6.42 Å². The summed E-state index contributed by atoms with van der Waals surface area (Å²) in [6.45, 7) is 3.70. The third-order valence-electron chi connectivity index (χ3n) is 3.98. The van der Waals surface area contributed by atoms with Gasteiger partial charge in [0, 0.05) is 11.6 Å². The number of halogens is 1. The molecule has 1 N–H and O–H groups in total. The maximum absolute atomic E-state index is 12.8. The highest BCUT2D eigenvalue weighted by molar-refractivity contribution is 6.33. The average molecular weight is 355 g/mol. The number of aromatic nitrogens is 1. The lowest BCUT2D eigenvalue weighted by molar-refractivity contribution is 0.0939. The number of nitrogens with one attached hydrogen (secondary N) is 1. The number of carbonyl (C=O) groups is 1. The Balaban J connectivity index is 1.81. The first kappa shape index (κ1) is 17.2. The highest BCUT2D eigenvalue weighted by atomic mass is 35.5. The summed E-state index contributed by atoms with van der Waals surface area (Å²) < 4.78 is 5.26. The van der Waals surface area contributed by atoms with Gasteiger partial charge in [0.05, 0.1) is 5.02 Å². The predicted molar refractivity (Wildman–Crippen MR) is 98.8 cm³/mol. The van der Waals surface area contributed by atoms with Crippen LogP contribution in [0.25, 0.3) is 11.3 Å². The number of aryl methyl sites for hydroxylation is 1. The fourth-order valence-corrected chi connectivity index (χ4v) is 3.02. The van der Waals surface area contributed by atoms with Crippen molar-refractivity contribution < 1.29 is 9.32 Å². The van der Waals surface area contributed by atoms with Crippen LogP contribution in [0.3, 0.4) is 0 Å². The number of hydrogen-bond donors (Lipinski definition) is 1. The fraction of sp³-hybridized carbons (Fsp3) is 0.200. The Bertz CT molecular complexity index is 874. The van der Waals surface area contributed by atoms with E-state index in [1.165, 1.54) is 5.56 Å². The van der Waals surface area contributed by atoms with Gasteiger partial charge >= 0.3 is 0 Å². The highest BCUT2D eigenvalue weighted by Crippen LogP contribution is 2.30. The maximum atomic E-state index is 12.8. The van der Waals surface area contributed by atoms with Gasteiger partial charge in [-0.05, 0) is 31.9 Å². The van der Waals surface area contributed by atoms with Crippen LogP contribution < -0.4 is 5.32 Å². The van der Waals surface area contributed by atoms with Crippen molar-refractivity contribution in [3.63, 3.8) is 0 Å². The van der Waals surface area contributed by atoms with E-state index < -0.39 is 0 Å². The van der Waals surface area contributed by atoms with E-state index >= 15 is 0 Å². The summed E-state index contributed by atoms with van der Waals surface area (Å²) in [7, 11) is 0. The number of hydrogen-bond acceptors (Lipinski definition) is 3. The second-order valence-electron chi connectivity index (χ2n) is 6.01. The summed E-state index contributed by atoms with van der Waals surface area (Å²) >= 11 is 6.24. The Kier molecular flexibility index (Phi) is 5.19. The summed E-state index contributed by atoms with van der Waals surface area (Å²) in [6.07, 6.45) is 0.748. The molecule has 0 saturated carbocycles. The molecule has 0 unspecified atom stereocenters. The number of rotatable bonds is 5. The molecule has 3 rings (SSSR count). The Hall–Kier alpha value is -2.59. The molecular formula is C20H19ClN2O2. The Morgan fingerprint density at radius 2 is 1.84 bits per heavy atom. The summed E-state index contributed by atoms with van der Waals surface area (Å²) in [4.78, 5) is 12.8. The molecule has 1 aromatic heterocycles. The third kappa shape index (κ3) is 3.91. The number of amides is 1. The molecule has 1 atom stereocenters. The minimum Gasteiger partial charge on any atom is -0.360 e. The molecule has 3 aromatic rings. The lowest BCUT2D eigenvalue weighted by atomic mass is 10.0. The van der Waals surface area contributed by atoms with Crippen LogP contribution in [0, 0.1) is 6.92 Å². The van der Waals surface area contributed by atoms with Crippen molar-refractivity contribution in [1.82, 2.24) is 10.5 Å². The number of benzene rings is 2. The van der Waals surface area contributed by atoms with Crippen molar-refractivity contribution in [2.75, 3.05) is 0 Å². The second kappa shape index (κ2) is 7.53. The molecule has 0 radical (unpaired) electrons. The molecule has 1 heterocycles. The molecule has 0 aliphatic carbocycles. The summed E-state index contributed by atoms with van der Waals surface area (Å²) in [5.41, 5.74) is 2.74. The zero-order chi connectivity index (χ0) is 17.8. The number of nitrogens with zero attached hydrogens (tertiary/aromatic N) is 1. The van der Waals surface area contributed by atoms with Crippen molar-refractivity contribution in [2.24, 2.45) is 0 Å². The maximum Gasteiger partial charge on any atom is 0.257 e. The summed E-state index contributed by atoms with van der Waals surface area (Å²) in [5, 5.41) is 7.59. The molecule has 0 bridgehead atoms. The van der Waals surface area contributed by atoms with Gasteiger partial charge in [0.1, 0.15) is 17.0 Å². The van der Waals surface area contributed by atoms with Crippen LogP contribution in [-0.4, -0.2) is 17.1 Å². The van der Waals surface area contributed by atoms with Crippen LogP contribution in [0.15, 0.2) is 59.1 Å². The number of carbonyl (C=O) groups excluding carboxylic acids is 1. The van der Waals surface area contributed by atoms with Gasteiger partial charge in [-0.3, -0.25) is 4.79 Å². The van der Waals surface area contributed by atoms with E-state index in [0.29, 0.717) is 27.6 Å². The fourth-order valence-electron chi connectivity index (χ4n) is 2.79.